The third-order valence-electron chi connectivity index (χ3n) is 5.36. The van der Waals surface area contributed by atoms with Crippen molar-refractivity contribution < 1.29 is 24.1 Å². The number of nitrogens with zero attached hydrogens (tertiary/aromatic N) is 3. The second-order valence-electron chi connectivity index (χ2n) is 7.61. The lowest BCUT2D eigenvalue weighted by Crippen LogP contribution is -2.43. The van der Waals surface area contributed by atoms with Gasteiger partial charge in [0.25, 0.3) is 5.91 Å². The van der Waals surface area contributed by atoms with Crippen LogP contribution in [0.2, 0.25) is 0 Å². The third kappa shape index (κ3) is 4.31. The van der Waals surface area contributed by atoms with Crippen molar-refractivity contribution in [3.8, 4) is 28.6 Å². The Morgan fingerprint density at radius 2 is 1.88 bits per heavy atom. The van der Waals surface area contributed by atoms with Gasteiger partial charge < -0.3 is 10.1 Å². The van der Waals surface area contributed by atoms with E-state index in [-0.39, 0.29) is 12.0 Å². The monoisotopic (exact) mass is 456 g/mol. The van der Waals surface area contributed by atoms with E-state index in [1.165, 1.54) is 11.8 Å². The van der Waals surface area contributed by atoms with Gasteiger partial charge >= 0.3 is 5.97 Å². The van der Waals surface area contributed by atoms with Crippen LogP contribution in [0.5, 0.6) is 11.5 Å². The van der Waals surface area contributed by atoms with Crippen molar-refractivity contribution in [3.05, 3.63) is 90.3 Å². The summed E-state index contributed by atoms with van der Waals surface area (Å²) in [6.07, 6.45) is 3.51. The second-order valence-corrected chi connectivity index (χ2v) is 7.61. The zero-order valence-electron chi connectivity index (χ0n) is 18.2. The molecular weight excluding hydrogens is 436 g/mol. The van der Waals surface area contributed by atoms with E-state index in [4.69, 9.17) is 14.5 Å². The van der Waals surface area contributed by atoms with Gasteiger partial charge in [0.2, 0.25) is 0 Å². The molecule has 0 fully saturated rings. The summed E-state index contributed by atoms with van der Waals surface area (Å²) in [7, 11) is 1.28. The van der Waals surface area contributed by atoms with Gasteiger partial charge in [0.05, 0.1) is 18.4 Å². The van der Waals surface area contributed by atoms with Crippen LogP contribution in [-0.4, -0.2) is 39.8 Å². The summed E-state index contributed by atoms with van der Waals surface area (Å²) >= 11 is 0. The van der Waals surface area contributed by atoms with Crippen LogP contribution in [0.4, 0.5) is 0 Å². The smallest absolute Gasteiger partial charge is 0.328 e. The van der Waals surface area contributed by atoms with Crippen molar-refractivity contribution in [1.82, 2.24) is 20.1 Å². The van der Waals surface area contributed by atoms with E-state index in [0.717, 1.165) is 11.1 Å². The van der Waals surface area contributed by atoms with E-state index in [9.17, 15) is 9.59 Å². The highest BCUT2D eigenvalue weighted by molar-refractivity contribution is 5.99. The number of amides is 1. The minimum Gasteiger partial charge on any atom is -0.467 e. The first-order valence-electron chi connectivity index (χ1n) is 10.5. The van der Waals surface area contributed by atoms with Crippen LogP contribution >= 0.6 is 0 Å². The Morgan fingerprint density at radius 3 is 2.71 bits per heavy atom. The molecule has 9 nitrogen and oxygen atoms in total. The number of aromatic nitrogens is 3. The molecular formula is C25H20N4O5. The van der Waals surface area contributed by atoms with Crippen molar-refractivity contribution in [2.75, 3.05) is 7.11 Å². The van der Waals surface area contributed by atoms with Crippen LogP contribution in [0.15, 0.2) is 79.1 Å². The molecule has 0 aliphatic carbocycles. The molecule has 0 saturated carbocycles. The number of hydrogen-bond acceptors (Lipinski definition) is 7. The van der Waals surface area contributed by atoms with Crippen molar-refractivity contribution in [2.45, 2.75) is 12.5 Å². The molecule has 0 radical (unpaired) electrons. The molecule has 6 bridgehead atoms. The minimum absolute atomic E-state index is 0.225. The summed E-state index contributed by atoms with van der Waals surface area (Å²) in [5.41, 5.74) is 2.52. The molecule has 4 heterocycles. The molecule has 9 heteroatoms. The maximum Gasteiger partial charge on any atom is 0.328 e. The largest absolute Gasteiger partial charge is 0.467 e. The van der Waals surface area contributed by atoms with Gasteiger partial charge in [0.1, 0.15) is 6.04 Å². The van der Waals surface area contributed by atoms with E-state index < -0.39 is 17.9 Å². The highest BCUT2D eigenvalue weighted by Crippen LogP contribution is 2.25. The van der Waals surface area contributed by atoms with Crippen LogP contribution in [0, 0.1) is 0 Å². The number of carbonyl (C=O) groups is 2. The van der Waals surface area contributed by atoms with E-state index >= 15 is 0 Å². The Morgan fingerprint density at radius 1 is 1.06 bits per heavy atom. The van der Waals surface area contributed by atoms with E-state index in [1.807, 2.05) is 12.1 Å². The average molecular weight is 456 g/mol. The Bertz CT molecular complexity index is 1350. The van der Waals surface area contributed by atoms with Crippen molar-refractivity contribution in [1.29, 1.82) is 0 Å². The summed E-state index contributed by atoms with van der Waals surface area (Å²) in [5, 5.41) is 7.35. The fraction of sp³-hybridized carbons (Fsp3) is 0.120. The normalized spacial score (nSPS) is 15.1. The topological polar surface area (TPSA) is 105 Å². The average Bonchev–Trinajstić information content (AvgIpc) is 3.37. The number of nitrogens with one attached hydrogen (secondary N) is 1. The molecule has 1 atom stereocenters. The molecule has 1 N–H and O–H groups in total. The zero-order chi connectivity index (χ0) is 23.5. The summed E-state index contributed by atoms with van der Waals surface area (Å²) in [4.78, 5) is 40.9. The van der Waals surface area contributed by atoms with Gasteiger partial charge in [-0.3, -0.25) is 14.6 Å². The van der Waals surface area contributed by atoms with Gasteiger partial charge in [-0.1, -0.05) is 24.3 Å². The summed E-state index contributed by atoms with van der Waals surface area (Å²) in [6, 6.07) is 18.5. The molecule has 6 rings (SSSR count). The first-order valence-corrected chi connectivity index (χ1v) is 10.5. The van der Waals surface area contributed by atoms with Crippen LogP contribution in [0.1, 0.15) is 15.9 Å². The lowest BCUT2D eigenvalue weighted by Gasteiger charge is -2.18. The predicted molar refractivity (Wildman–Crippen MR) is 121 cm³/mol. The summed E-state index contributed by atoms with van der Waals surface area (Å²) in [5.74, 6) is 0.291. The van der Waals surface area contributed by atoms with Gasteiger partial charge in [-0.15, -0.1) is 0 Å². The van der Waals surface area contributed by atoms with Gasteiger partial charge in [0, 0.05) is 24.4 Å². The molecule has 0 saturated heterocycles. The van der Waals surface area contributed by atoms with Crippen LogP contribution in [-0.2, 0) is 16.0 Å². The summed E-state index contributed by atoms with van der Waals surface area (Å²) < 4.78 is 6.43. The predicted octanol–water partition coefficient (Wildman–Crippen LogP) is 3.13. The van der Waals surface area contributed by atoms with Gasteiger partial charge in [0.15, 0.2) is 17.3 Å². The highest BCUT2D eigenvalue weighted by Gasteiger charge is 2.25. The van der Waals surface area contributed by atoms with Gasteiger partial charge in [-0.2, -0.15) is 5.10 Å². The number of pyridine rings is 1. The molecule has 4 aromatic rings. The molecule has 170 valence electrons. The fourth-order valence-corrected chi connectivity index (χ4v) is 3.64. The number of esters is 1. The molecule has 2 aliphatic heterocycles. The van der Waals surface area contributed by atoms with Crippen LogP contribution < -0.4 is 15.1 Å². The van der Waals surface area contributed by atoms with E-state index in [0.29, 0.717) is 23.0 Å². The van der Waals surface area contributed by atoms with Crippen molar-refractivity contribution >= 4 is 11.9 Å². The maximum absolute atomic E-state index is 13.2. The Balaban J connectivity index is 1.60. The second kappa shape index (κ2) is 9.07. The standard InChI is InChI=1S/C25H20N4O5/c1-32-25(31)22-14-16-7-9-18(10-8-16)33-34-19-5-2-4-17(15-19)21-11-13-29(28-21)23-20(24(30)27-22)6-3-12-26-23/h2-13,15,22H,14H2,1H3,(H,27,30)/t22-/m0/s1. The fourth-order valence-electron chi connectivity index (χ4n) is 3.64. The number of carbonyl (C=O) groups excluding carboxylic acids is 2. The third-order valence-corrected chi connectivity index (χ3v) is 5.36. The molecule has 2 aromatic heterocycles. The number of hydrogen-bond donors (Lipinski definition) is 1. The quantitative estimate of drug-likeness (QED) is 0.347. The molecule has 0 unspecified atom stereocenters. The van der Waals surface area contributed by atoms with Crippen molar-refractivity contribution in [3.63, 3.8) is 0 Å². The first kappa shape index (κ1) is 21.2. The van der Waals surface area contributed by atoms with Crippen molar-refractivity contribution in [2.24, 2.45) is 0 Å². The number of rotatable bonds is 1. The Hall–Kier alpha value is -4.66. The molecule has 34 heavy (non-hydrogen) atoms. The van der Waals surface area contributed by atoms with Gasteiger partial charge in [-0.05, 0) is 48.0 Å². The van der Waals surface area contributed by atoms with E-state index in [1.54, 1.807) is 67.0 Å². The molecule has 1 amide bonds. The lowest BCUT2D eigenvalue weighted by molar-refractivity contribution is -0.142. The summed E-state index contributed by atoms with van der Waals surface area (Å²) in [6.45, 7) is 0. The Labute approximate surface area is 194 Å². The highest BCUT2D eigenvalue weighted by atomic mass is 17.2. The van der Waals surface area contributed by atoms with Crippen LogP contribution in [0.3, 0.4) is 0 Å². The molecule has 2 aromatic carbocycles. The number of benzene rings is 2. The number of methoxy groups -OCH3 is 1. The van der Waals surface area contributed by atoms with Gasteiger partial charge in [-0.25, -0.2) is 14.5 Å². The molecule has 0 spiro atoms. The van der Waals surface area contributed by atoms with Crippen LogP contribution in [0.25, 0.3) is 17.1 Å². The Kier molecular flexibility index (Phi) is 5.65. The number of ether oxygens (including phenoxy) is 1. The first-order chi connectivity index (χ1) is 16.6. The maximum atomic E-state index is 13.2. The minimum atomic E-state index is -0.902. The molecule has 2 aliphatic rings. The number of fused-ring (bicyclic) bond motifs is 6. The lowest BCUT2D eigenvalue weighted by atomic mass is 10.1. The zero-order valence-corrected chi connectivity index (χ0v) is 18.2. The van der Waals surface area contributed by atoms with E-state index in [2.05, 4.69) is 15.4 Å². The SMILES string of the molecule is COC(=O)[C@@H]1Cc2ccc(cc2)OOc2cccc(c2)-c2ccn(n2)-c2ncccc2C(=O)N1.